The van der Waals surface area contributed by atoms with Crippen LogP contribution in [0.15, 0.2) is 53.3 Å². The fourth-order valence-electron chi connectivity index (χ4n) is 4.08. The van der Waals surface area contributed by atoms with E-state index < -0.39 is 0 Å². The molecule has 2 fully saturated rings. The number of amides is 1. The summed E-state index contributed by atoms with van der Waals surface area (Å²) in [6.45, 7) is 3.29. The first-order valence-corrected chi connectivity index (χ1v) is 9.01. The van der Waals surface area contributed by atoms with Gasteiger partial charge in [-0.3, -0.25) is 9.69 Å². The summed E-state index contributed by atoms with van der Waals surface area (Å²) >= 11 is 0. The SMILES string of the molecule is O=C(NC[C@@H]1CC[C@H]2[C@H]1OCCN2Cc1ccoc1)c1ccccc1. The molecule has 2 aliphatic rings. The highest BCUT2D eigenvalue weighted by atomic mass is 16.5. The molecule has 1 saturated heterocycles. The van der Waals surface area contributed by atoms with Crippen molar-refractivity contribution in [2.75, 3.05) is 19.7 Å². The van der Waals surface area contributed by atoms with Crippen LogP contribution >= 0.6 is 0 Å². The lowest BCUT2D eigenvalue weighted by Gasteiger charge is -2.39. The minimum atomic E-state index is -0.00453. The molecule has 0 bridgehead atoms. The molecule has 2 heterocycles. The maximum atomic E-state index is 12.3. The molecule has 0 radical (unpaired) electrons. The lowest BCUT2D eigenvalue weighted by Crippen LogP contribution is -2.50. The van der Waals surface area contributed by atoms with Crippen molar-refractivity contribution in [2.45, 2.75) is 31.5 Å². The Balaban J connectivity index is 1.34. The van der Waals surface area contributed by atoms with Crippen molar-refractivity contribution in [1.82, 2.24) is 10.2 Å². The Labute approximate surface area is 148 Å². The van der Waals surface area contributed by atoms with Crippen molar-refractivity contribution in [3.63, 3.8) is 0 Å². The Kier molecular flexibility index (Phi) is 4.85. The van der Waals surface area contributed by atoms with E-state index in [0.717, 1.165) is 32.5 Å². The molecule has 1 aromatic carbocycles. The first-order chi connectivity index (χ1) is 12.3. The molecule has 1 aromatic heterocycles. The van der Waals surface area contributed by atoms with Gasteiger partial charge < -0.3 is 14.5 Å². The summed E-state index contributed by atoms with van der Waals surface area (Å²) in [6.07, 6.45) is 5.96. The molecule has 1 N–H and O–H groups in total. The van der Waals surface area contributed by atoms with Crippen molar-refractivity contribution in [2.24, 2.45) is 5.92 Å². The van der Waals surface area contributed by atoms with E-state index in [4.69, 9.17) is 9.15 Å². The number of nitrogens with one attached hydrogen (secondary N) is 1. The van der Waals surface area contributed by atoms with Gasteiger partial charge >= 0.3 is 0 Å². The number of fused-ring (bicyclic) bond motifs is 1. The van der Waals surface area contributed by atoms with Crippen LogP contribution in [0.2, 0.25) is 0 Å². The molecule has 1 amide bonds. The summed E-state index contributed by atoms with van der Waals surface area (Å²) in [5, 5.41) is 3.08. The molecule has 2 aromatic rings. The molecule has 0 spiro atoms. The van der Waals surface area contributed by atoms with Crippen LogP contribution in [0.1, 0.15) is 28.8 Å². The molecule has 1 saturated carbocycles. The summed E-state index contributed by atoms with van der Waals surface area (Å²) in [4.78, 5) is 14.8. The van der Waals surface area contributed by atoms with E-state index >= 15 is 0 Å². The normalized spacial score (nSPS) is 26.3. The molecule has 0 unspecified atom stereocenters. The number of hydrogen-bond acceptors (Lipinski definition) is 4. The van der Waals surface area contributed by atoms with Crippen LogP contribution in [0.5, 0.6) is 0 Å². The highest BCUT2D eigenvalue weighted by molar-refractivity contribution is 5.94. The van der Waals surface area contributed by atoms with Gasteiger partial charge in [0.1, 0.15) is 0 Å². The molecule has 3 atom stereocenters. The van der Waals surface area contributed by atoms with E-state index in [0.29, 0.717) is 24.1 Å². The molecule has 1 aliphatic heterocycles. The molecule has 4 rings (SSSR count). The monoisotopic (exact) mass is 340 g/mol. The third-order valence-electron chi connectivity index (χ3n) is 5.36. The second-order valence-corrected chi connectivity index (χ2v) is 6.92. The third-order valence-corrected chi connectivity index (χ3v) is 5.36. The first kappa shape index (κ1) is 16.4. The van der Waals surface area contributed by atoms with Gasteiger partial charge in [0.2, 0.25) is 0 Å². The van der Waals surface area contributed by atoms with Gasteiger partial charge in [-0.05, 0) is 31.0 Å². The minimum Gasteiger partial charge on any atom is -0.472 e. The molecule has 5 heteroatoms. The van der Waals surface area contributed by atoms with Gasteiger partial charge in [-0.25, -0.2) is 0 Å². The van der Waals surface area contributed by atoms with Crippen molar-refractivity contribution in [3.05, 3.63) is 60.1 Å². The highest BCUT2D eigenvalue weighted by Gasteiger charge is 2.42. The number of carbonyl (C=O) groups is 1. The van der Waals surface area contributed by atoms with Crippen LogP contribution < -0.4 is 5.32 Å². The average molecular weight is 340 g/mol. The van der Waals surface area contributed by atoms with E-state index in [1.807, 2.05) is 42.7 Å². The van der Waals surface area contributed by atoms with E-state index in [9.17, 15) is 4.79 Å². The van der Waals surface area contributed by atoms with Gasteiger partial charge in [-0.2, -0.15) is 0 Å². The standard InChI is InChI=1S/C20H24N2O3/c23-20(16-4-2-1-3-5-16)21-12-17-6-7-18-19(17)25-11-9-22(18)13-15-8-10-24-14-15/h1-5,8,10,14,17-19H,6-7,9,11-13H2,(H,21,23)/t17-,18-,19-/m0/s1. The van der Waals surface area contributed by atoms with Crippen LogP contribution in [0.4, 0.5) is 0 Å². The van der Waals surface area contributed by atoms with Crippen LogP contribution in [0, 0.1) is 5.92 Å². The fourth-order valence-corrected chi connectivity index (χ4v) is 4.08. The maximum absolute atomic E-state index is 12.3. The first-order valence-electron chi connectivity index (χ1n) is 9.01. The Hall–Kier alpha value is -2.11. The van der Waals surface area contributed by atoms with Gasteiger partial charge in [0.05, 0.1) is 25.2 Å². The number of nitrogens with zero attached hydrogens (tertiary/aromatic N) is 1. The largest absolute Gasteiger partial charge is 0.472 e. The number of carbonyl (C=O) groups excluding carboxylic acids is 1. The molecule has 5 nitrogen and oxygen atoms in total. The predicted molar refractivity (Wildman–Crippen MR) is 94.1 cm³/mol. The number of morpholine rings is 1. The van der Waals surface area contributed by atoms with Gasteiger partial charge in [-0.15, -0.1) is 0 Å². The van der Waals surface area contributed by atoms with E-state index in [1.165, 1.54) is 5.56 Å². The minimum absolute atomic E-state index is 0.00453. The number of ether oxygens (including phenoxy) is 1. The third kappa shape index (κ3) is 3.62. The quantitative estimate of drug-likeness (QED) is 0.909. The van der Waals surface area contributed by atoms with Crippen molar-refractivity contribution in [3.8, 4) is 0 Å². The van der Waals surface area contributed by atoms with E-state index in [1.54, 1.807) is 6.26 Å². The maximum Gasteiger partial charge on any atom is 0.251 e. The fraction of sp³-hybridized carbons (Fsp3) is 0.450. The Morgan fingerprint density at radius 3 is 2.88 bits per heavy atom. The lowest BCUT2D eigenvalue weighted by atomic mass is 10.0. The molecular formula is C20H24N2O3. The summed E-state index contributed by atoms with van der Waals surface area (Å²) in [5.41, 5.74) is 1.92. The highest BCUT2D eigenvalue weighted by Crippen LogP contribution is 2.35. The second-order valence-electron chi connectivity index (χ2n) is 6.92. The zero-order valence-electron chi connectivity index (χ0n) is 14.3. The average Bonchev–Trinajstić information content (AvgIpc) is 3.31. The van der Waals surface area contributed by atoms with Crippen molar-refractivity contribution < 1.29 is 13.9 Å². The Morgan fingerprint density at radius 2 is 2.08 bits per heavy atom. The van der Waals surface area contributed by atoms with Gasteiger partial charge in [0.15, 0.2) is 0 Å². The zero-order valence-corrected chi connectivity index (χ0v) is 14.3. The topological polar surface area (TPSA) is 54.7 Å². The van der Waals surface area contributed by atoms with Crippen LogP contribution in [0.25, 0.3) is 0 Å². The molecular weight excluding hydrogens is 316 g/mol. The smallest absolute Gasteiger partial charge is 0.251 e. The van der Waals surface area contributed by atoms with Crippen molar-refractivity contribution in [1.29, 1.82) is 0 Å². The number of benzene rings is 1. The van der Waals surface area contributed by atoms with E-state index in [2.05, 4.69) is 10.2 Å². The Bertz CT molecular complexity index is 686. The number of hydrogen-bond donors (Lipinski definition) is 1. The van der Waals surface area contributed by atoms with Crippen molar-refractivity contribution >= 4 is 5.91 Å². The van der Waals surface area contributed by atoms with Gasteiger partial charge in [0.25, 0.3) is 5.91 Å². The summed E-state index contributed by atoms with van der Waals surface area (Å²) in [5.74, 6) is 0.375. The molecule has 132 valence electrons. The van der Waals surface area contributed by atoms with Crippen LogP contribution in [-0.4, -0.2) is 42.6 Å². The second kappa shape index (κ2) is 7.42. The summed E-state index contributed by atoms with van der Waals surface area (Å²) in [7, 11) is 0. The van der Waals surface area contributed by atoms with Gasteiger partial charge in [0, 0.05) is 42.7 Å². The van der Waals surface area contributed by atoms with Crippen LogP contribution in [0.3, 0.4) is 0 Å². The summed E-state index contributed by atoms with van der Waals surface area (Å²) < 4.78 is 11.3. The van der Waals surface area contributed by atoms with E-state index in [-0.39, 0.29) is 12.0 Å². The number of furan rings is 1. The molecule has 25 heavy (non-hydrogen) atoms. The number of rotatable bonds is 5. The van der Waals surface area contributed by atoms with Gasteiger partial charge in [-0.1, -0.05) is 18.2 Å². The van der Waals surface area contributed by atoms with Crippen LogP contribution in [-0.2, 0) is 11.3 Å². The lowest BCUT2D eigenvalue weighted by molar-refractivity contribution is -0.0757. The summed E-state index contributed by atoms with van der Waals surface area (Å²) in [6, 6.07) is 11.8. The Morgan fingerprint density at radius 1 is 1.20 bits per heavy atom. The molecule has 1 aliphatic carbocycles. The predicted octanol–water partition coefficient (Wildman–Crippen LogP) is 2.69. The zero-order chi connectivity index (χ0) is 17.1.